The standard InChI is InChI=1S/C31H33FN2O3/c32-26-15-13-25(14-16-26)31(17-5-6-18-31)30(36)34-20-21-37-28-12-4-3-11-27(28)29(35)33-19-7-10-23-8-1-2-9-24(23)22-34/h1-4,8-9,11-16H,5-7,10,17-22H2,(H,33,35). The van der Waals surface area contributed by atoms with Gasteiger partial charge in [0.15, 0.2) is 0 Å². The predicted molar refractivity (Wildman–Crippen MR) is 141 cm³/mol. The maximum atomic E-state index is 14.4. The van der Waals surface area contributed by atoms with Gasteiger partial charge in [-0.3, -0.25) is 9.59 Å². The number of aryl methyl sites for hydroxylation is 1. The molecule has 3 aromatic carbocycles. The normalized spacial score (nSPS) is 18.1. The Hall–Kier alpha value is -3.67. The highest BCUT2D eigenvalue weighted by atomic mass is 19.1. The van der Waals surface area contributed by atoms with Gasteiger partial charge >= 0.3 is 0 Å². The van der Waals surface area contributed by atoms with E-state index in [1.165, 1.54) is 17.7 Å². The van der Waals surface area contributed by atoms with Gasteiger partial charge in [-0.2, -0.15) is 0 Å². The molecule has 37 heavy (non-hydrogen) atoms. The smallest absolute Gasteiger partial charge is 0.255 e. The number of benzene rings is 3. The predicted octanol–water partition coefficient (Wildman–Crippen LogP) is 5.42. The first kappa shape index (κ1) is 25.0. The molecule has 1 aliphatic carbocycles. The van der Waals surface area contributed by atoms with Crippen LogP contribution in [0.3, 0.4) is 0 Å². The van der Waals surface area contributed by atoms with Crippen molar-refractivity contribution in [3.05, 3.63) is 101 Å². The minimum absolute atomic E-state index is 0.0631. The van der Waals surface area contributed by atoms with Crippen molar-refractivity contribution in [3.63, 3.8) is 0 Å². The zero-order chi connectivity index (χ0) is 25.7. The van der Waals surface area contributed by atoms with E-state index in [2.05, 4.69) is 17.4 Å². The first-order chi connectivity index (χ1) is 18.1. The first-order valence-electron chi connectivity index (χ1n) is 13.2. The number of amides is 2. The summed E-state index contributed by atoms with van der Waals surface area (Å²) in [5, 5.41) is 3.00. The summed E-state index contributed by atoms with van der Waals surface area (Å²) in [4.78, 5) is 29.1. The van der Waals surface area contributed by atoms with Crippen molar-refractivity contribution in [2.45, 2.75) is 50.5 Å². The lowest BCUT2D eigenvalue weighted by Crippen LogP contribution is -2.46. The zero-order valence-corrected chi connectivity index (χ0v) is 21.0. The molecule has 1 aliphatic heterocycles. The summed E-state index contributed by atoms with van der Waals surface area (Å²) >= 11 is 0. The fourth-order valence-electron chi connectivity index (χ4n) is 5.71. The van der Waals surface area contributed by atoms with Crippen LogP contribution in [0.1, 0.15) is 59.2 Å². The summed E-state index contributed by atoms with van der Waals surface area (Å²) in [5.41, 5.74) is 3.00. The Morgan fingerprint density at radius 1 is 0.892 bits per heavy atom. The molecule has 1 saturated carbocycles. The van der Waals surface area contributed by atoms with E-state index in [9.17, 15) is 14.0 Å². The molecule has 5 nitrogen and oxygen atoms in total. The summed E-state index contributed by atoms with van der Waals surface area (Å²) in [6.07, 6.45) is 5.02. The minimum atomic E-state index is -0.661. The lowest BCUT2D eigenvalue weighted by atomic mass is 9.77. The van der Waals surface area contributed by atoms with E-state index in [1.807, 2.05) is 29.2 Å². The largest absolute Gasteiger partial charge is 0.491 e. The Bertz CT molecular complexity index is 1250. The average molecular weight is 501 g/mol. The number of ether oxygens (including phenoxy) is 1. The van der Waals surface area contributed by atoms with E-state index in [0.717, 1.165) is 49.7 Å². The number of hydrogen-bond donors (Lipinski definition) is 1. The van der Waals surface area contributed by atoms with Gasteiger partial charge in [-0.25, -0.2) is 4.39 Å². The summed E-state index contributed by atoms with van der Waals surface area (Å²) in [6, 6.07) is 21.9. The molecule has 0 bridgehead atoms. The van der Waals surface area contributed by atoms with Crippen LogP contribution in [0, 0.1) is 5.82 Å². The van der Waals surface area contributed by atoms with Gasteiger partial charge in [0.25, 0.3) is 5.91 Å². The van der Waals surface area contributed by atoms with Crippen molar-refractivity contribution in [1.82, 2.24) is 10.2 Å². The number of rotatable bonds is 2. The third kappa shape index (κ3) is 5.38. The van der Waals surface area contributed by atoms with Gasteiger partial charge in [-0.1, -0.05) is 61.4 Å². The molecule has 0 saturated heterocycles. The molecule has 192 valence electrons. The molecule has 3 aromatic rings. The summed E-state index contributed by atoms with van der Waals surface area (Å²) < 4.78 is 19.8. The number of carbonyl (C=O) groups is 2. The Labute approximate surface area is 217 Å². The SMILES string of the molecule is O=C1NCCCc2ccccc2CN(C(=O)C2(c3ccc(F)cc3)CCCC2)CCOc2ccccc21. The molecule has 1 N–H and O–H groups in total. The number of nitrogens with one attached hydrogen (secondary N) is 1. The number of nitrogens with zero attached hydrogens (tertiary/aromatic N) is 1. The van der Waals surface area contributed by atoms with E-state index >= 15 is 0 Å². The molecule has 0 aromatic heterocycles. The fourth-order valence-corrected chi connectivity index (χ4v) is 5.71. The molecule has 1 heterocycles. The summed E-state index contributed by atoms with van der Waals surface area (Å²) in [5.74, 6) is 0.120. The van der Waals surface area contributed by atoms with Gasteiger partial charge in [-0.05, 0) is 66.6 Å². The molecule has 1 fully saturated rings. The van der Waals surface area contributed by atoms with Crippen LogP contribution in [0.25, 0.3) is 0 Å². The molecule has 0 atom stereocenters. The fraction of sp³-hybridized carbons (Fsp3) is 0.355. The maximum absolute atomic E-state index is 14.4. The Balaban J connectivity index is 1.49. The second-order valence-electron chi connectivity index (χ2n) is 10.00. The highest BCUT2D eigenvalue weighted by molar-refractivity contribution is 5.96. The number of fused-ring (bicyclic) bond motifs is 2. The van der Waals surface area contributed by atoms with Gasteiger partial charge in [-0.15, -0.1) is 0 Å². The van der Waals surface area contributed by atoms with Gasteiger partial charge < -0.3 is 15.0 Å². The van der Waals surface area contributed by atoms with E-state index < -0.39 is 5.41 Å². The van der Waals surface area contributed by atoms with Crippen molar-refractivity contribution in [3.8, 4) is 5.75 Å². The quantitative estimate of drug-likeness (QED) is 0.511. The van der Waals surface area contributed by atoms with Gasteiger partial charge in [0, 0.05) is 13.1 Å². The second-order valence-corrected chi connectivity index (χ2v) is 10.00. The number of halogens is 1. The third-order valence-corrected chi connectivity index (χ3v) is 7.69. The van der Waals surface area contributed by atoms with Crippen molar-refractivity contribution in [2.75, 3.05) is 19.7 Å². The minimum Gasteiger partial charge on any atom is -0.491 e. The van der Waals surface area contributed by atoms with Crippen LogP contribution >= 0.6 is 0 Å². The summed E-state index contributed by atoms with van der Waals surface area (Å²) in [7, 11) is 0. The topological polar surface area (TPSA) is 58.6 Å². The van der Waals surface area contributed by atoms with Crippen LogP contribution in [0.5, 0.6) is 5.75 Å². The number of carbonyl (C=O) groups excluding carboxylic acids is 2. The molecule has 0 spiro atoms. The van der Waals surface area contributed by atoms with Gasteiger partial charge in [0.05, 0.1) is 17.5 Å². The van der Waals surface area contributed by atoms with Crippen LogP contribution in [-0.4, -0.2) is 36.4 Å². The molecule has 2 aliphatic rings. The Morgan fingerprint density at radius 2 is 1.59 bits per heavy atom. The molecule has 5 rings (SSSR count). The van der Waals surface area contributed by atoms with Crippen LogP contribution in [-0.2, 0) is 23.2 Å². The lowest BCUT2D eigenvalue weighted by Gasteiger charge is -2.35. The Morgan fingerprint density at radius 3 is 2.38 bits per heavy atom. The number of hydrogen-bond acceptors (Lipinski definition) is 3. The van der Waals surface area contributed by atoms with E-state index in [4.69, 9.17) is 4.74 Å². The second kappa shape index (κ2) is 11.2. The average Bonchev–Trinajstić information content (AvgIpc) is 3.42. The van der Waals surface area contributed by atoms with E-state index in [1.54, 1.807) is 24.3 Å². The number of para-hydroxylation sites is 1. The van der Waals surface area contributed by atoms with Crippen molar-refractivity contribution < 1.29 is 18.7 Å². The highest BCUT2D eigenvalue weighted by Gasteiger charge is 2.45. The van der Waals surface area contributed by atoms with Crippen molar-refractivity contribution in [2.24, 2.45) is 0 Å². The molecular weight excluding hydrogens is 467 g/mol. The van der Waals surface area contributed by atoms with Crippen molar-refractivity contribution in [1.29, 1.82) is 0 Å². The van der Waals surface area contributed by atoms with Crippen LogP contribution in [0.4, 0.5) is 4.39 Å². The van der Waals surface area contributed by atoms with E-state index in [-0.39, 0.29) is 24.2 Å². The van der Waals surface area contributed by atoms with Crippen molar-refractivity contribution >= 4 is 11.8 Å². The van der Waals surface area contributed by atoms with Crippen LogP contribution < -0.4 is 10.1 Å². The Kier molecular flexibility index (Phi) is 7.54. The third-order valence-electron chi connectivity index (χ3n) is 7.69. The lowest BCUT2D eigenvalue weighted by molar-refractivity contribution is -0.138. The first-order valence-corrected chi connectivity index (χ1v) is 13.2. The summed E-state index contributed by atoms with van der Waals surface area (Å²) in [6.45, 7) is 1.68. The van der Waals surface area contributed by atoms with Gasteiger partial charge in [0.2, 0.25) is 5.91 Å². The van der Waals surface area contributed by atoms with Crippen LogP contribution in [0.15, 0.2) is 72.8 Å². The molecular formula is C31H33FN2O3. The van der Waals surface area contributed by atoms with Gasteiger partial charge in [0.1, 0.15) is 18.2 Å². The maximum Gasteiger partial charge on any atom is 0.255 e. The molecule has 0 radical (unpaired) electrons. The monoisotopic (exact) mass is 500 g/mol. The molecule has 0 unspecified atom stereocenters. The highest BCUT2D eigenvalue weighted by Crippen LogP contribution is 2.43. The molecule has 6 heteroatoms. The zero-order valence-electron chi connectivity index (χ0n) is 21.0. The van der Waals surface area contributed by atoms with Crippen LogP contribution in [0.2, 0.25) is 0 Å². The van der Waals surface area contributed by atoms with E-state index in [0.29, 0.717) is 30.9 Å². The molecule has 2 amide bonds.